The van der Waals surface area contributed by atoms with E-state index >= 15 is 0 Å². The molecule has 1 fully saturated rings. The highest BCUT2D eigenvalue weighted by Gasteiger charge is 2.23. The molecule has 1 saturated heterocycles. The minimum atomic E-state index is -1.00. The summed E-state index contributed by atoms with van der Waals surface area (Å²) >= 11 is 14.1. The Hall–Kier alpha value is -4.26. The number of rotatable bonds is 14. The molecule has 1 aliphatic rings. The average Bonchev–Trinajstić information content (AvgIpc) is 3.13. The molecule has 4 N–H and O–H groups in total. The van der Waals surface area contributed by atoms with Gasteiger partial charge in [-0.25, -0.2) is 4.98 Å². The molecule has 2 aromatic heterocycles. The van der Waals surface area contributed by atoms with Crippen molar-refractivity contribution >= 4 is 35.1 Å². The summed E-state index contributed by atoms with van der Waals surface area (Å²) in [5, 5.41) is 26.4. The number of piperidine rings is 1. The van der Waals surface area contributed by atoms with E-state index in [1.165, 1.54) is 0 Å². The Labute approximate surface area is 307 Å². The molecule has 3 heterocycles. The number of likely N-dealkylation sites (tertiary alicyclic amines) is 1. The van der Waals surface area contributed by atoms with Crippen LogP contribution in [0.3, 0.4) is 0 Å². The number of hydrogen-bond donors (Lipinski definition) is 4. The van der Waals surface area contributed by atoms with Crippen LogP contribution in [-0.4, -0.2) is 83.0 Å². The number of pyridine rings is 2. The summed E-state index contributed by atoms with van der Waals surface area (Å²) < 4.78 is 11.4. The summed E-state index contributed by atoms with van der Waals surface area (Å²) in [6.07, 6.45) is 3.25. The van der Waals surface area contributed by atoms with Gasteiger partial charge in [-0.3, -0.25) is 14.6 Å². The maximum atomic E-state index is 11.7. The number of halogens is 2. The first-order valence-electron chi connectivity index (χ1n) is 16.8. The van der Waals surface area contributed by atoms with Crippen LogP contribution in [0.15, 0.2) is 60.8 Å². The standard InChI is InChI=1S/C38H43Cl2N5O6/c1-22(43-27(21-46)19-34(48)49)28-10-8-24(18-33(28)50-3)37-36(40)30(12-15-41-37)29-6-5-7-31(35(29)39)32-11-9-25(38(44-32)51-4)20-42-26-13-16-45(17-14-26)23(2)47/h5-12,15,18,22,26-27,42-43,46H,13-14,16-17,19-21H2,1-4H3,(H,48,49)/t22?,27-/m0/s1. The molecule has 2 atom stereocenters. The Kier molecular flexibility index (Phi) is 12.9. The Morgan fingerprint density at radius 3 is 2.39 bits per heavy atom. The number of aliphatic hydroxyl groups excluding tert-OH is 1. The third-order valence-corrected chi connectivity index (χ3v) is 10.00. The van der Waals surface area contributed by atoms with Gasteiger partial charge in [0.1, 0.15) is 5.75 Å². The first kappa shape index (κ1) is 38.0. The van der Waals surface area contributed by atoms with Crippen molar-refractivity contribution in [2.75, 3.05) is 33.9 Å². The predicted octanol–water partition coefficient (Wildman–Crippen LogP) is 6.39. The van der Waals surface area contributed by atoms with Crippen molar-refractivity contribution in [2.24, 2.45) is 0 Å². The lowest BCUT2D eigenvalue weighted by Crippen LogP contribution is -2.44. The quantitative estimate of drug-likeness (QED) is 0.115. The second-order valence-corrected chi connectivity index (χ2v) is 13.3. The molecule has 0 aliphatic carbocycles. The Bertz CT molecular complexity index is 1870. The highest BCUT2D eigenvalue weighted by molar-refractivity contribution is 6.39. The Balaban J connectivity index is 1.38. The fourth-order valence-electron chi connectivity index (χ4n) is 6.42. The van der Waals surface area contributed by atoms with Crippen molar-refractivity contribution in [3.63, 3.8) is 0 Å². The lowest BCUT2D eigenvalue weighted by Gasteiger charge is -2.31. The van der Waals surface area contributed by atoms with E-state index in [1.54, 1.807) is 27.3 Å². The predicted molar refractivity (Wildman–Crippen MR) is 198 cm³/mol. The smallest absolute Gasteiger partial charge is 0.305 e. The van der Waals surface area contributed by atoms with Gasteiger partial charge in [0, 0.05) is 84.3 Å². The summed E-state index contributed by atoms with van der Waals surface area (Å²) in [7, 11) is 3.15. The zero-order valence-corrected chi connectivity index (χ0v) is 30.6. The summed E-state index contributed by atoms with van der Waals surface area (Å²) in [5.41, 5.74) is 5.72. The SMILES string of the molecule is COc1cc(-c2nccc(-c3cccc(-c4ccc(CNC5CCN(C(C)=O)CC5)c(OC)n4)c3Cl)c2Cl)ccc1C(C)N[C@H](CO)CC(=O)O. The molecule has 0 saturated carbocycles. The maximum absolute atomic E-state index is 11.7. The van der Waals surface area contributed by atoms with E-state index in [0.717, 1.165) is 42.6 Å². The van der Waals surface area contributed by atoms with Crippen molar-refractivity contribution < 1.29 is 29.3 Å². The van der Waals surface area contributed by atoms with Crippen molar-refractivity contribution in [1.29, 1.82) is 0 Å². The molecule has 51 heavy (non-hydrogen) atoms. The number of nitrogens with zero attached hydrogens (tertiary/aromatic N) is 3. The number of carbonyl (C=O) groups is 2. The van der Waals surface area contributed by atoms with Crippen LogP contribution < -0.4 is 20.1 Å². The first-order chi connectivity index (χ1) is 24.5. The molecule has 5 rings (SSSR count). The monoisotopic (exact) mass is 735 g/mol. The second kappa shape index (κ2) is 17.3. The van der Waals surface area contributed by atoms with Crippen molar-refractivity contribution in [2.45, 2.75) is 57.8 Å². The second-order valence-electron chi connectivity index (χ2n) is 12.5. The van der Waals surface area contributed by atoms with E-state index < -0.39 is 12.0 Å². The van der Waals surface area contributed by atoms with Crippen molar-refractivity contribution in [1.82, 2.24) is 25.5 Å². The molecule has 1 unspecified atom stereocenters. The van der Waals surface area contributed by atoms with Crippen molar-refractivity contribution in [3.8, 4) is 45.3 Å². The number of ether oxygens (including phenoxy) is 2. The number of nitrogens with one attached hydrogen (secondary N) is 2. The molecule has 1 amide bonds. The van der Waals surface area contributed by atoms with Crippen LogP contribution in [0.5, 0.6) is 11.6 Å². The summed E-state index contributed by atoms with van der Waals surface area (Å²) in [5.74, 6) is 0.173. The lowest BCUT2D eigenvalue weighted by molar-refractivity contribution is -0.138. The number of amides is 1. The topological polar surface area (TPSA) is 146 Å². The van der Waals surface area contributed by atoms with E-state index in [0.29, 0.717) is 62.3 Å². The molecule has 4 aromatic rings. The van der Waals surface area contributed by atoms with Gasteiger partial charge in [0.05, 0.1) is 48.7 Å². The zero-order valence-electron chi connectivity index (χ0n) is 29.1. The number of aliphatic hydroxyl groups is 1. The van der Waals surface area contributed by atoms with Crippen LogP contribution in [0.1, 0.15) is 50.3 Å². The van der Waals surface area contributed by atoms with Gasteiger partial charge < -0.3 is 35.2 Å². The van der Waals surface area contributed by atoms with Crippen LogP contribution in [0.2, 0.25) is 10.0 Å². The number of aliphatic carboxylic acids is 1. The zero-order chi connectivity index (χ0) is 36.7. The molecule has 13 heteroatoms. The molecular formula is C38H43Cl2N5O6. The van der Waals surface area contributed by atoms with E-state index in [9.17, 15) is 14.7 Å². The number of benzene rings is 2. The maximum Gasteiger partial charge on any atom is 0.305 e. The lowest BCUT2D eigenvalue weighted by atomic mass is 9.98. The number of carbonyl (C=O) groups excluding carboxylic acids is 1. The van der Waals surface area contributed by atoms with Gasteiger partial charge in [0.25, 0.3) is 0 Å². The van der Waals surface area contributed by atoms with E-state index in [2.05, 4.69) is 15.6 Å². The summed E-state index contributed by atoms with van der Waals surface area (Å²) in [6.45, 7) is 5.25. The summed E-state index contributed by atoms with van der Waals surface area (Å²) in [4.78, 5) is 34.1. The minimum Gasteiger partial charge on any atom is -0.496 e. The van der Waals surface area contributed by atoms with Crippen LogP contribution in [-0.2, 0) is 16.1 Å². The van der Waals surface area contributed by atoms with Gasteiger partial charge in [-0.1, -0.05) is 59.6 Å². The first-order valence-corrected chi connectivity index (χ1v) is 17.5. The average molecular weight is 737 g/mol. The summed E-state index contributed by atoms with van der Waals surface area (Å²) in [6, 6.07) is 16.4. The largest absolute Gasteiger partial charge is 0.496 e. The highest BCUT2D eigenvalue weighted by Crippen LogP contribution is 2.42. The normalized spacial score (nSPS) is 14.6. The highest BCUT2D eigenvalue weighted by atomic mass is 35.5. The van der Waals surface area contributed by atoms with Gasteiger partial charge in [-0.15, -0.1) is 0 Å². The number of methoxy groups -OCH3 is 2. The fourth-order valence-corrected chi connectivity index (χ4v) is 7.07. The Morgan fingerprint density at radius 2 is 1.73 bits per heavy atom. The van der Waals surface area contributed by atoms with Crippen LogP contribution in [0.4, 0.5) is 0 Å². The molecule has 0 bridgehead atoms. The van der Waals surface area contributed by atoms with Gasteiger partial charge in [-0.05, 0) is 38.0 Å². The minimum absolute atomic E-state index is 0.116. The van der Waals surface area contributed by atoms with Gasteiger partial charge in [0.2, 0.25) is 11.8 Å². The number of aromatic nitrogens is 2. The molecule has 0 radical (unpaired) electrons. The molecule has 1 aliphatic heterocycles. The van der Waals surface area contributed by atoms with Crippen LogP contribution >= 0.6 is 23.2 Å². The van der Waals surface area contributed by atoms with Crippen LogP contribution in [0.25, 0.3) is 33.6 Å². The molecule has 11 nitrogen and oxygen atoms in total. The van der Waals surface area contributed by atoms with E-state index in [-0.39, 0.29) is 25.0 Å². The Morgan fingerprint density at radius 1 is 1.00 bits per heavy atom. The van der Waals surface area contributed by atoms with Crippen LogP contribution in [0, 0.1) is 0 Å². The van der Waals surface area contributed by atoms with E-state index in [1.807, 2.05) is 66.4 Å². The molecule has 2 aromatic carbocycles. The number of hydrogen-bond acceptors (Lipinski definition) is 9. The molecule has 0 spiro atoms. The van der Waals surface area contributed by atoms with Gasteiger partial charge in [-0.2, -0.15) is 0 Å². The number of carboxylic acids is 1. The van der Waals surface area contributed by atoms with Crippen molar-refractivity contribution in [3.05, 3.63) is 82.0 Å². The van der Waals surface area contributed by atoms with Gasteiger partial charge in [0.15, 0.2) is 0 Å². The molecular weight excluding hydrogens is 693 g/mol. The van der Waals surface area contributed by atoms with E-state index in [4.69, 9.17) is 42.8 Å². The third-order valence-electron chi connectivity index (χ3n) is 9.21. The van der Waals surface area contributed by atoms with Gasteiger partial charge >= 0.3 is 5.97 Å². The molecule has 270 valence electrons. The third kappa shape index (κ3) is 8.98. The number of carboxylic acid groups (broad SMARTS) is 1. The fraction of sp³-hybridized carbons (Fsp3) is 0.368.